The van der Waals surface area contributed by atoms with Crippen LogP contribution < -0.4 is 15.5 Å². The molecule has 13 heteroatoms. The van der Waals surface area contributed by atoms with Crippen molar-refractivity contribution in [3.63, 3.8) is 0 Å². The van der Waals surface area contributed by atoms with E-state index in [1.54, 1.807) is 41.3 Å². The Morgan fingerprint density at radius 3 is 2.45 bits per heavy atom. The Balaban J connectivity index is 1.35. The molecule has 0 radical (unpaired) electrons. The van der Waals surface area contributed by atoms with Gasteiger partial charge in [0, 0.05) is 63.5 Å². The molecule has 0 aliphatic carbocycles. The van der Waals surface area contributed by atoms with Gasteiger partial charge in [0.15, 0.2) is 0 Å². The topological polar surface area (TPSA) is 125 Å². The number of carbonyl (C=O) groups is 3. The molecule has 3 heterocycles. The lowest BCUT2D eigenvalue weighted by atomic mass is 10.1. The number of amides is 3. The number of nitrogens with zero attached hydrogens (tertiary/aromatic N) is 3. The third-order valence-corrected chi connectivity index (χ3v) is 10.1. The van der Waals surface area contributed by atoms with Crippen molar-refractivity contribution < 1.29 is 23.5 Å². The largest absolute Gasteiger partial charge is 0.349 e. The van der Waals surface area contributed by atoms with Gasteiger partial charge in [0.05, 0.1) is 26.8 Å². The predicted octanol–water partition coefficient (Wildman–Crippen LogP) is 3.44. The molecule has 4 N–H and O–H groups in total. The maximum Gasteiger partial charge on any atom is 0.261 e. The summed E-state index contributed by atoms with van der Waals surface area (Å²) in [4.78, 5) is 44.6. The van der Waals surface area contributed by atoms with E-state index in [1.807, 2.05) is 7.05 Å². The van der Waals surface area contributed by atoms with Gasteiger partial charge in [0.1, 0.15) is 0 Å². The summed E-state index contributed by atoms with van der Waals surface area (Å²) < 4.78 is 20.2. The van der Waals surface area contributed by atoms with Gasteiger partial charge in [-0.25, -0.2) is 0 Å². The van der Waals surface area contributed by atoms with Crippen LogP contribution in [-0.4, -0.2) is 107 Å². The normalized spacial score (nSPS) is 19.3. The number of carbonyl (C=O) groups excluding carboxylic acids is 3. The molecule has 2 aliphatic heterocycles. The van der Waals surface area contributed by atoms with E-state index in [4.69, 9.17) is 11.6 Å². The second-order valence-corrected chi connectivity index (χ2v) is 14.5. The van der Waals surface area contributed by atoms with E-state index < -0.39 is 10.6 Å². The van der Waals surface area contributed by atoms with Gasteiger partial charge in [-0.1, -0.05) is 11.6 Å². The van der Waals surface area contributed by atoms with Crippen molar-refractivity contribution in [2.45, 2.75) is 25.3 Å². The molecule has 220 valence electrons. The summed E-state index contributed by atoms with van der Waals surface area (Å²) in [6.45, 7) is 4.20. The van der Waals surface area contributed by atoms with Gasteiger partial charge < -0.3 is 20.4 Å². The number of nitrogens with one attached hydrogen (secondary N) is 2. The third kappa shape index (κ3) is 8.90. The van der Waals surface area contributed by atoms with Crippen molar-refractivity contribution in [2.75, 3.05) is 69.3 Å². The van der Waals surface area contributed by atoms with E-state index in [1.165, 1.54) is 11.3 Å². The highest BCUT2D eigenvalue weighted by Crippen LogP contribution is 2.40. The van der Waals surface area contributed by atoms with Crippen LogP contribution in [0.15, 0.2) is 36.4 Å². The molecule has 1 unspecified atom stereocenters. The van der Waals surface area contributed by atoms with Gasteiger partial charge in [-0.15, -0.1) is 11.3 Å². The molecular formula is C27H38ClN5O5S2. The van der Waals surface area contributed by atoms with E-state index >= 15 is 0 Å². The van der Waals surface area contributed by atoms with Gasteiger partial charge in [0.2, 0.25) is 5.91 Å². The fourth-order valence-corrected chi connectivity index (χ4v) is 7.07. The molecule has 0 spiro atoms. The minimum Gasteiger partial charge on any atom is -0.349 e. The van der Waals surface area contributed by atoms with Crippen molar-refractivity contribution in [2.24, 2.45) is 0 Å². The number of piperidine rings is 1. The van der Waals surface area contributed by atoms with E-state index in [-0.39, 0.29) is 30.3 Å². The molecule has 2 fully saturated rings. The van der Waals surface area contributed by atoms with Gasteiger partial charge in [-0.05, 0) is 56.3 Å². The molecule has 10 nitrogen and oxygen atoms in total. The second kappa shape index (κ2) is 14.1. The van der Waals surface area contributed by atoms with Gasteiger partial charge in [-0.3, -0.25) is 28.4 Å². The monoisotopic (exact) mass is 611 g/mol. The first-order valence-electron chi connectivity index (χ1n) is 13.5. The fourth-order valence-electron chi connectivity index (χ4n) is 4.81. The van der Waals surface area contributed by atoms with Gasteiger partial charge >= 0.3 is 0 Å². The lowest BCUT2D eigenvalue weighted by Crippen LogP contribution is -2.50. The summed E-state index contributed by atoms with van der Waals surface area (Å²) in [5, 5.41) is 5.97. The summed E-state index contributed by atoms with van der Waals surface area (Å²) in [5.74, 6) is 0.399. The maximum absolute atomic E-state index is 13.2. The Morgan fingerprint density at radius 1 is 1.07 bits per heavy atom. The van der Waals surface area contributed by atoms with E-state index in [0.29, 0.717) is 58.9 Å². The van der Waals surface area contributed by atoms with E-state index in [0.717, 1.165) is 31.6 Å². The Morgan fingerprint density at radius 2 is 1.80 bits per heavy atom. The number of benzene rings is 1. The average Bonchev–Trinajstić information content (AvgIpc) is 3.37. The highest BCUT2D eigenvalue weighted by atomic mass is 35.5. The quantitative estimate of drug-likeness (QED) is 0.307. The number of anilines is 1. The summed E-state index contributed by atoms with van der Waals surface area (Å²) in [5.41, 5.74) is 1.27. The Labute approximate surface area is 246 Å². The van der Waals surface area contributed by atoms with Crippen LogP contribution in [0, 0.1) is 0 Å². The zero-order valence-electron chi connectivity index (χ0n) is 22.7. The molecule has 2 saturated heterocycles. The SMILES string of the molecule is CN(CCN1CCS(O)(O)CC1)CC(CNC(=O)c1ccc(Cl)s1)NC(=O)c1ccc(N2CCCCC2=O)cc1. The lowest BCUT2D eigenvalue weighted by molar-refractivity contribution is -0.119. The number of halogens is 1. The maximum atomic E-state index is 13.2. The van der Waals surface area contributed by atoms with Gasteiger partial charge in [-0.2, -0.15) is 10.6 Å². The van der Waals surface area contributed by atoms with Crippen LogP contribution in [-0.2, 0) is 4.79 Å². The molecule has 3 amide bonds. The molecule has 2 aliphatic rings. The number of hydrogen-bond acceptors (Lipinski definition) is 8. The Kier molecular flexibility index (Phi) is 10.9. The van der Waals surface area contributed by atoms with Crippen molar-refractivity contribution in [1.82, 2.24) is 20.4 Å². The minimum atomic E-state index is -2.43. The van der Waals surface area contributed by atoms with Crippen LogP contribution in [0.5, 0.6) is 0 Å². The summed E-state index contributed by atoms with van der Waals surface area (Å²) in [7, 11) is -0.471. The molecule has 4 rings (SSSR count). The first-order valence-corrected chi connectivity index (χ1v) is 16.6. The number of rotatable bonds is 11. The third-order valence-electron chi connectivity index (χ3n) is 7.20. The first kappa shape index (κ1) is 30.8. The molecular weight excluding hydrogens is 574 g/mol. The minimum absolute atomic E-state index is 0.104. The summed E-state index contributed by atoms with van der Waals surface area (Å²) in [6, 6.07) is 10.0. The van der Waals surface area contributed by atoms with Crippen molar-refractivity contribution in [3.05, 3.63) is 51.2 Å². The average molecular weight is 612 g/mol. The number of likely N-dealkylation sites (N-methyl/N-ethyl adjacent to an activating group) is 1. The Bertz CT molecular complexity index is 1170. The molecule has 1 aromatic heterocycles. The molecule has 1 aromatic carbocycles. The van der Waals surface area contributed by atoms with Crippen molar-refractivity contribution >= 4 is 56.9 Å². The van der Waals surface area contributed by atoms with Crippen LogP contribution >= 0.6 is 33.5 Å². The van der Waals surface area contributed by atoms with Gasteiger partial charge in [0.25, 0.3) is 11.8 Å². The highest BCUT2D eigenvalue weighted by Gasteiger charge is 2.24. The first-order chi connectivity index (χ1) is 19.1. The summed E-state index contributed by atoms with van der Waals surface area (Å²) in [6.07, 6.45) is 2.42. The number of thiophene rings is 1. The van der Waals surface area contributed by atoms with E-state index in [2.05, 4.69) is 20.4 Å². The smallest absolute Gasteiger partial charge is 0.261 e. The number of hydrogen-bond donors (Lipinski definition) is 4. The zero-order valence-corrected chi connectivity index (χ0v) is 25.1. The van der Waals surface area contributed by atoms with Crippen LogP contribution in [0.4, 0.5) is 5.69 Å². The lowest BCUT2D eigenvalue weighted by Gasteiger charge is -2.41. The van der Waals surface area contributed by atoms with Crippen LogP contribution in [0.25, 0.3) is 0 Å². The second-order valence-electron chi connectivity index (χ2n) is 10.3. The van der Waals surface area contributed by atoms with E-state index in [9.17, 15) is 23.5 Å². The molecule has 0 bridgehead atoms. The van der Waals surface area contributed by atoms with Crippen LogP contribution in [0.1, 0.15) is 39.3 Å². The molecule has 0 saturated carbocycles. The van der Waals surface area contributed by atoms with Crippen LogP contribution in [0.2, 0.25) is 4.34 Å². The molecule has 40 heavy (non-hydrogen) atoms. The standard InChI is InChI=1S/C27H38ClN5O5S2/c1-31(12-13-32-14-16-40(37,38)17-15-32)19-21(18-29-27(36)23-9-10-24(28)39-23)30-26(35)20-5-7-22(8-6-20)33-11-3-2-4-25(33)34/h5-10,21,37-38H,2-4,11-19H2,1H3,(H,29,36)(H,30,35). The Hall–Kier alpha value is -2.19. The van der Waals surface area contributed by atoms with Crippen LogP contribution in [0.3, 0.4) is 0 Å². The van der Waals surface area contributed by atoms with Crippen molar-refractivity contribution in [3.8, 4) is 0 Å². The van der Waals surface area contributed by atoms with Crippen molar-refractivity contribution in [1.29, 1.82) is 0 Å². The summed E-state index contributed by atoms with van der Waals surface area (Å²) >= 11 is 7.18. The molecule has 1 atom stereocenters. The molecule has 2 aromatic rings. The highest BCUT2D eigenvalue weighted by molar-refractivity contribution is 8.24. The zero-order chi connectivity index (χ0) is 28.7. The fraction of sp³-hybridized carbons (Fsp3) is 0.519. The predicted molar refractivity (Wildman–Crippen MR) is 162 cm³/mol.